The number of methoxy groups -OCH3 is 4. The van der Waals surface area contributed by atoms with Gasteiger partial charge in [0.25, 0.3) is 0 Å². The lowest BCUT2D eigenvalue weighted by Gasteiger charge is -2.35. The number of likely N-dealkylation sites (tertiary alicyclic amines) is 2. The Morgan fingerprint density at radius 3 is 1.27 bits per heavy atom. The quantitative estimate of drug-likeness (QED) is 0.0338. The summed E-state index contributed by atoms with van der Waals surface area (Å²) in [5, 5.41) is 41.2. The van der Waals surface area contributed by atoms with E-state index in [0.717, 1.165) is 85.1 Å². The van der Waals surface area contributed by atoms with Gasteiger partial charge in [-0.15, -0.1) is 0 Å². The number of nitrogens with zero attached hydrogens (tertiary/aromatic N) is 4. The number of benzene rings is 4. The predicted octanol–water partition coefficient (Wildman–Crippen LogP) is 15.7. The van der Waals surface area contributed by atoms with Gasteiger partial charge in [-0.05, 0) is 108 Å². The summed E-state index contributed by atoms with van der Waals surface area (Å²) in [5.41, 5.74) is 7.26. The lowest BCUT2D eigenvalue weighted by Crippen LogP contribution is -2.48. The minimum atomic E-state index is -1.69. The third-order valence-electron chi connectivity index (χ3n) is 23.6. The number of hydrogen-bond donors (Lipinski definition) is 4. The van der Waals surface area contributed by atoms with E-state index in [1.165, 1.54) is 12.8 Å². The molecule has 6 aliphatic rings. The Kier molecular flexibility index (Phi) is 33.5. The number of Topliss-reactive ketones (excluding diaryl/α,β-unsaturated/α-hetero) is 5. The Hall–Kier alpha value is -7.76. The number of rotatable bonds is 34. The number of aliphatic carboxylic acids is 1. The third kappa shape index (κ3) is 25.4. The van der Waals surface area contributed by atoms with Crippen LogP contribution in [0.25, 0.3) is 0 Å². The Labute approximate surface area is 678 Å². The van der Waals surface area contributed by atoms with Crippen molar-refractivity contribution in [3.8, 4) is 23.0 Å². The molecule has 24 heteroatoms. The van der Waals surface area contributed by atoms with Gasteiger partial charge in [-0.1, -0.05) is 190 Å². The number of amides is 2. The number of carbonyl (C=O) groups is 8. The topological polar surface area (TPSA) is 310 Å². The smallest absolute Gasteiger partial charge is 0.332 e. The standard InChI is InChI=1S/C45H61ClN2O8.C35H49ClN2O7.C9H13NO2/c1-7-12-32(42(52)40(50)18-17-30-20-35(54-5)25-36(21-30)55-6)23-41(51)39-27-45(26-38(47-56-45)31-15-11-16-33(46)22-31)28-48(39)43(53)37(44(2,3)4)24-34(49)19-29-13-9-8-10-14-29;1-5-10-24(31(41)33(43)44)17-30(40)29-20-35(19-28(37-45-35)23-13-9-14-25(36)16-23)21-38(29)32(42)27(34(2,3)4)18-26(39)15-22-11-7-6-8-12-22;1-11-8-3-7(6-10)4-9(5-8)12-2/h11,15-16,20-22,25,29,32,37,39,42,52H,7-10,12-14,17-19,23-24,26-28H2,1-6H3;9,13-14,16,22,24,27,29,31,41H,5-8,10-12,15,17-21H2,1-4H3,(H,43,44);3-5H,6,10H2,1-2H3/t32-,37-,39+,42?,45-;24-,27-,29+,31?,35-;/m11./s1. The first-order valence-corrected chi connectivity index (χ1v) is 41.4. The molecule has 10 rings (SSSR count). The van der Waals surface area contributed by atoms with Gasteiger partial charge in [0.15, 0.2) is 34.7 Å². The predicted molar refractivity (Wildman–Crippen MR) is 437 cm³/mol. The molecule has 4 aliphatic heterocycles. The van der Waals surface area contributed by atoms with Crippen LogP contribution in [-0.4, -0.2) is 160 Å². The van der Waals surface area contributed by atoms with Crippen molar-refractivity contribution in [1.29, 1.82) is 0 Å². The second-order valence-electron chi connectivity index (χ2n) is 34.4. The van der Waals surface area contributed by atoms with Gasteiger partial charge in [0.2, 0.25) is 11.8 Å². The number of halogens is 2. The van der Waals surface area contributed by atoms with Crippen LogP contribution >= 0.6 is 23.2 Å². The first kappa shape index (κ1) is 90.8. The number of aliphatic hydroxyl groups excluding tert-OH is 2. The van der Waals surface area contributed by atoms with Crippen LogP contribution in [0.5, 0.6) is 23.0 Å². The average molecular weight is 1610 g/mol. The van der Waals surface area contributed by atoms with E-state index in [0.29, 0.717) is 109 Å². The molecule has 0 radical (unpaired) electrons. The maximum Gasteiger partial charge on any atom is 0.332 e. The normalized spacial score (nSPS) is 21.4. The van der Waals surface area contributed by atoms with Crippen molar-refractivity contribution in [3.05, 3.63) is 117 Å². The molecule has 22 nitrogen and oxygen atoms in total. The van der Waals surface area contributed by atoms with Crippen LogP contribution in [0.15, 0.2) is 95.2 Å². The van der Waals surface area contributed by atoms with E-state index in [-0.39, 0.29) is 98.8 Å². The molecule has 4 fully saturated rings. The van der Waals surface area contributed by atoms with Crippen LogP contribution in [-0.2, 0) is 61.0 Å². The molecule has 620 valence electrons. The highest BCUT2D eigenvalue weighted by molar-refractivity contribution is 6.31. The van der Waals surface area contributed by atoms with Gasteiger partial charge in [-0.25, -0.2) is 4.79 Å². The molecule has 5 N–H and O–H groups in total. The molecule has 2 saturated heterocycles. The molecule has 2 saturated carbocycles. The van der Waals surface area contributed by atoms with Gasteiger partial charge in [0.05, 0.1) is 65.0 Å². The average Bonchev–Trinajstić information content (AvgIpc) is 1.60. The summed E-state index contributed by atoms with van der Waals surface area (Å²) in [6.45, 7) is 16.3. The van der Waals surface area contributed by atoms with Crippen molar-refractivity contribution in [1.82, 2.24) is 9.80 Å². The molecule has 0 bridgehead atoms. The largest absolute Gasteiger partial charge is 0.497 e. The highest BCUT2D eigenvalue weighted by Gasteiger charge is 2.57. The summed E-state index contributed by atoms with van der Waals surface area (Å²) in [5.74, 6) is -1.89. The van der Waals surface area contributed by atoms with Gasteiger partial charge in [0.1, 0.15) is 40.7 Å². The number of aliphatic hydroxyl groups is 2. The molecular formula is C89H123Cl2N5O17. The van der Waals surface area contributed by atoms with E-state index in [9.17, 15) is 53.7 Å². The summed E-state index contributed by atoms with van der Waals surface area (Å²) in [4.78, 5) is 125. The Balaban J connectivity index is 0.000000250. The molecule has 4 aromatic carbocycles. The minimum Gasteiger partial charge on any atom is -0.497 e. The van der Waals surface area contributed by atoms with Crippen LogP contribution in [0.1, 0.15) is 238 Å². The maximum absolute atomic E-state index is 14.8. The van der Waals surface area contributed by atoms with Crippen LogP contribution in [0.2, 0.25) is 10.0 Å². The number of hydrogen-bond acceptors (Lipinski definition) is 19. The first-order valence-electron chi connectivity index (χ1n) is 40.6. The molecule has 4 aromatic rings. The highest BCUT2D eigenvalue weighted by atomic mass is 35.5. The van der Waals surface area contributed by atoms with Crippen LogP contribution < -0.4 is 24.7 Å². The highest BCUT2D eigenvalue weighted by Crippen LogP contribution is 2.46. The fourth-order valence-corrected chi connectivity index (χ4v) is 17.5. The number of ketones is 5. The van der Waals surface area contributed by atoms with Gasteiger partial charge in [0, 0.05) is 128 Å². The number of carbonyl (C=O) groups excluding carboxylic acids is 7. The molecule has 2 unspecified atom stereocenters. The van der Waals surface area contributed by atoms with E-state index < -0.39 is 76.0 Å². The van der Waals surface area contributed by atoms with Crippen LogP contribution in [0, 0.1) is 46.3 Å². The van der Waals surface area contributed by atoms with Gasteiger partial charge >= 0.3 is 5.97 Å². The third-order valence-corrected chi connectivity index (χ3v) is 24.0. The minimum absolute atomic E-state index is 0.0721. The Morgan fingerprint density at radius 1 is 0.549 bits per heavy atom. The number of oxime groups is 2. The number of carboxylic acid groups (broad SMARTS) is 1. The van der Waals surface area contributed by atoms with Crippen molar-refractivity contribution in [2.75, 3.05) is 41.5 Å². The van der Waals surface area contributed by atoms with Gasteiger partial charge < -0.3 is 59.5 Å². The molecule has 113 heavy (non-hydrogen) atoms. The molecule has 2 spiro atoms. The van der Waals surface area contributed by atoms with Crippen molar-refractivity contribution < 1.29 is 82.3 Å². The van der Waals surface area contributed by atoms with Crippen molar-refractivity contribution in [3.63, 3.8) is 0 Å². The molecule has 0 aromatic heterocycles. The van der Waals surface area contributed by atoms with E-state index in [4.69, 9.17) is 57.6 Å². The van der Waals surface area contributed by atoms with E-state index in [1.54, 1.807) is 62.5 Å². The summed E-state index contributed by atoms with van der Waals surface area (Å²) >= 11 is 12.5. The van der Waals surface area contributed by atoms with Crippen LogP contribution in [0.4, 0.5) is 0 Å². The number of aryl methyl sites for hydroxylation is 1. The molecule has 2 aliphatic carbocycles. The summed E-state index contributed by atoms with van der Waals surface area (Å²) in [6, 6.07) is 23.8. The number of carboxylic acids is 1. The van der Waals surface area contributed by atoms with E-state index >= 15 is 0 Å². The van der Waals surface area contributed by atoms with Crippen molar-refractivity contribution in [2.45, 2.75) is 264 Å². The monoisotopic (exact) mass is 1600 g/mol. The Bertz CT molecular complexity index is 3910. The number of ether oxygens (including phenoxy) is 4. The van der Waals surface area contributed by atoms with Gasteiger partial charge in [-0.3, -0.25) is 33.6 Å². The lowest BCUT2D eigenvalue weighted by atomic mass is 9.75. The van der Waals surface area contributed by atoms with Crippen molar-refractivity contribution >= 4 is 81.3 Å². The molecule has 10 atom stereocenters. The maximum atomic E-state index is 14.8. The van der Waals surface area contributed by atoms with Crippen molar-refractivity contribution in [2.24, 2.45) is 62.4 Å². The zero-order chi connectivity index (χ0) is 82.5. The fourth-order valence-electron chi connectivity index (χ4n) is 17.1. The second kappa shape index (κ2) is 41.7. The molecule has 4 heterocycles. The fraction of sp³-hybridized carbons (Fsp3) is 0.618. The summed E-state index contributed by atoms with van der Waals surface area (Å²) in [6.07, 6.45) is 12.6. The van der Waals surface area contributed by atoms with Gasteiger partial charge in [-0.2, -0.15) is 0 Å². The first-order chi connectivity index (χ1) is 53.7. The zero-order valence-electron chi connectivity index (χ0n) is 68.5. The number of nitrogens with two attached hydrogens (primary N) is 1. The molecule has 2 amide bonds. The van der Waals surface area contributed by atoms with E-state index in [1.807, 2.05) is 116 Å². The van der Waals surface area contributed by atoms with Crippen LogP contribution in [0.3, 0.4) is 0 Å². The van der Waals surface area contributed by atoms with E-state index in [2.05, 4.69) is 10.3 Å². The molecular weight excluding hydrogens is 1480 g/mol. The Morgan fingerprint density at radius 2 is 0.929 bits per heavy atom. The second-order valence-corrected chi connectivity index (χ2v) is 35.3. The zero-order valence-corrected chi connectivity index (χ0v) is 70.1. The SMILES string of the molecule is CCC[C@H](CC(=O)[C@@H]1C[C@]2(CC(c3cccc(Cl)c3)=NO2)CN1C(=O)[C@@H](CC(=O)CC1CCCCC1)C(C)(C)C)C(O)C(=O)CCc1cc(OC)cc(OC)c1.CCC[C@H](CC(=O)[C@@H]1C[C@]2(CC(c3cccc(Cl)c3)=NO2)CN1C(=O)[C@@H](CC(=O)CC1CCCCC1)C(C)(C)C)C(O)C(=O)O.COc1cc(CN)cc(OC)c1. The lowest BCUT2D eigenvalue weighted by molar-refractivity contribution is -0.151. The summed E-state index contributed by atoms with van der Waals surface area (Å²) in [7, 11) is 6.36. The summed E-state index contributed by atoms with van der Waals surface area (Å²) < 4.78 is 20.9.